The molecule has 4 rings (SSSR count). The molecule has 0 saturated heterocycles. The zero-order chi connectivity index (χ0) is 8.78. The van der Waals surface area contributed by atoms with Crippen LogP contribution in [0, 0.1) is 28.1 Å². The highest BCUT2D eigenvalue weighted by Gasteiger charge is 2.82. The standard InChI is InChI=1S/C12H20/c1-8-5-12-6-9(2)11(12,4)10(8,3)7-12/h8-9H,5-7H2,1-4H3. The first-order valence-corrected chi connectivity index (χ1v) is 5.46. The van der Waals surface area contributed by atoms with Gasteiger partial charge in [0.2, 0.25) is 0 Å². The average molecular weight is 164 g/mol. The van der Waals surface area contributed by atoms with E-state index >= 15 is 0 Å². The highest BCUT2D eigenvalue weighted by atomic mass is 14.9. The molecule has 0 N–H and O–H groups in total. The summed E-state index contributed by atoms with van der Waals surface area (Å²) in [5.41, 5.74) is 2.27. The molecule has 0 aromatic rings. The Morgan fingerprint density at radius 3 is 1.92 bits per heavy atom. The van der Waals surface area contributed by atoms with Gasteiger partial charge in [0.15, 0.2) is 0 Å². The van der Waals surface area contributed by atoms with Crippen molar-refractivity contribution in [1.82, 2.24) is 0 Å². The maximum Gasteiger partial charge on any atom is -0.0186 e. The smallest absolute Gasteiger partial charge is 0.0186 e. The summed E-state index contributed by atoms with van der Waals surface area (Å²) < 4.78 is 0. The SMILES string of the molecule is CC1CC23CC(C)C2(C)C1(C)C3. The van der Waals surface area contributed by atoms with Crippen molar-refractivity contribution in [3.05, 3.63) is 0 Å². The maximum absolute atomic E-state index is 2.56. The number of hydrogen-bond acceptors (Lipinski definition) is 0. The molecular weight excluding hydrogens is 144 g/mol. The molecule has 0 aromatic heterocycles. The first-order chi connectivity index (χ1) is 5.46. The van der Waals surface area contributed by atoms with Crippen molar-refractivity contribution in [3.8, 4) is 0 Å². The van der Waals surface area contributed by atoms with Gasteiger partial charge in [-0.05, 0) is 47.3 Å². The van der Waals surface area contributed by atoms with Crippen LogP contribution in [0.2, 0.25) is 0 Å². The van der Waals surface area contributed by atoms with Crippen LogP contribution < -0.4 is 0 Å². The lowest BCUT2D eigenvalue weighted by Gasteiger charge is -2.75. The first kappa shape index (κ1) is 7.41. The molecule has 2 bridgehead atoms. The van der Waals surface area contributed by atoms with Gasteiger partial charge in [0.25, 0.3) is 0 Å². The molecule has 5 unspecified atom stereocenters. The average Bonchev–Trinajstić information content (AvgIpc) is 2.32. The Morgan fingerprint density at radius 2 is 1.58 bits per heavy atom. The van der Waals surface area contributed by atoms with Gasteiger partial charge in [-0.1, -0.05) is 27.7 Å². The minimum Gasteiger partial charge on any atom is -0.0619 e. The molecule has 1 spiro atoms. The normalized spacial score (nSPS) is 73.0. The van der Waals surface area contributed by atoms with Gasteiger partial charge in [-0.3, -0.25) is 0 Å². The molecule has 0 heterocycles. The fraction of sp³-hybridized carbons (Fsp3) is 1.00. The van der Waals surface area contributed by atoms with E-state index in [0.717, 1.165) is 22.7 Å². The first-order valence-electron chi connectivity index (χ1n) is 5.46. The fourth-order valence-electron chi connectivity index (χ4n) is 5.46. The second-order valence-electron chi connectivity index (χ2n) is 6.29. The predicted octanol–water partition coefficient (Wildman–Crippen LogP) is 3.47. The largest absolute Gasteiger partial charge is 0.0619 e. The number of hydrogen-bond donors (Lipinski definition) is 0. The summed E-state index contributed by atoms with van der Waals surface area (Å²) in [7, 11) is 0. The van der Waals surface area contributed by atoms with E-state index in [1.165, 1.54) is 12.8 Å². The third-order valence-electron chi connectivity index (χ3n) is 6.46. The van der Waals surface area contributed by atoms with Gasteiger partial charge in [0, 0.05) is 0 Å². The van der Waals surface area contributed by atoms with E-state index in [0.29, 0.717) is 5.41 Å². The molecule has 0 aromatic carbocycles. The van der Waals surface area contributed by atoms with Gasteiger partial charge in [-0.15, -0.1) is 0 Å². The summed E-state index contributed by atoms with van der Waals surface area (Å²) in [4.78, 5) is 0. The molecule has 5 atom stereocenters. The zero-order valence-corrected chi connectivity index (χ0v) is 8.78. The molecule has 0 aliphatic heterocycles. The Morgan fingerprint density at radius 1 is 1.00 bits per heavy atom. The molecule has 4 saturated carbocycles. The third-order valence-corrected chi connectivity index (χ3v) is 6.46. The third kappa shape index (κ3) is 0.383. The topological polar surface area (TPSA) is 0 Å². The van der Waals surface area contributed by atoms with Gasteiger partial charge in [-0.2, -0.15) is 0 Å². The lowest BCUT2D eigenvalue weighted by molar-refractivity contribution is -0.267. The van der Waals surface area contributed by atoms with Crippen LogP contribution in [0.1, 0.15) is 47.0 Å². The van der Waals surface area contributed by atoms with Crippen molar-refractivity contribution in [1.29, 1.82) is 0 Å². The summed E-state index contributed by atoms with van der Waals surface area (Å²) >= 11 is 0. The van der Waals surface area contributed by atoms with E-state index in [2.05, 4.69) is 27.7 Å². The predicted molar refractivity (Wildman–Crippen MR) is 50.8 cm³/mol. The van der Waals surface area contributed by atoms with Crippen LogP contribution in [-0.2, 0) is 0 Å². The lowest BCUT2D eigenvalue weighted by Crippen LogP contribution is -2.68. The molecule has 4 fully saturated rings. The minimum absolute atomic E-state index is 0.713. The molecule has 12 heavy (non-hydrogen) atoms. The number of rotatable bonds is 0. The van der Waals surface area contributed by atoms with Gasteiger partial charge in [0.05, 0.1) is 0 Å². The van der Waals surface area contributed by atoms with E-state index < -0.39 is 0 Å². The molecule has 0 radical (unpaired) electrons. The summed E-state index contributed by atoms with van der Waals surface area (Å²) in [6, 6.07) is 0. The lowest BCUT2D eigenvalue weighted by atomic mass is 9.29. The minimum atomic E-state index is 0.713. The van der Waals surface area contributed by atoms with Gasteiger partial charge in [0.1, 0.15) is 0 Å². The zero-order valence-electron chi connectivity index (χ0n) is 8.78. The van der Waals surface area contributed by atoms with Crippen molar-refractivity contribution in [2.75, 3.05) is 0 Å². The van der Waals surface area contributed by atoms with Crippen molar-refractivity contribution < 1.29 is 0 Å². The second-order valence-corrected chi connectivity index (χ2v) is 6.29. The Labute approximate surface area is 75.7 Å². The molecule has 0 nitrogen and oxygen atoms in total. The molecular formula is C12H20. The van der Waals surface area contributed by atoms with Gasteiger partial charge in [-0.25, -0.2) is 0 Å². The quantitative estimate of drug-likeness (QED) is 0.514. The van der Waals surface area contributed by atoms with Gasteiger partial charge >= 0.3 is 0 Å². The summed E-state index contributed by atoms with van der Waals surface area (Å²) in [6.45, 7) is 10.0. The van der Waals surface area contributed by atoms with Crippen LogP contribution in [0.3, 0.4) is 0 Å². The molecule has 0 amide bonds. The second kappa shape index (κ2) is 1.51. The van der Waals surface area contributed by atoms with E-state index in [1.54, 1.807) is 6.42 Å². The van der Waals surface area contributed by atoms with Gasteiger partial charge < -0.3 is 0 Å². The summed E-state index contributed by atoms with van der Waals surface area (Å²) in [5.74, 6) is 1.99. The fourth-order valence-corrected chi connectivity index (χ4v) is 5.46. The molecule has 68 valence electrons. The van der Waals surface area contributed by atoms with Crippen LogP contribution in [0.15, 0.2) is 0 Å². The monoisotopic (exact) mass is 164 g/mol. The maximum atomic E-state index is 2.56. The molecule has 4 aliphatic rings. The van der Waals surface area contributed by atoms with Crippen molar-refractivity contribution >= 4 is 0 Å². The van der Waals surface area contributed by atoms with Crippen molar-refractivity contribution in [2.45, 2.75) is 47.0 Å². The molecule has 0 heteroatoms. The van der Waals surface area contributed by atoms with Crippen molar-refractivity contribution in [3.63, 3.8) is 0 Å². The van der Waals surface area contributed by atoms with E-state index in [4.69, 9.17) is 0 Å². The Bertz CT molecular complexity index is 253. The van der Waals surface area contributed by atoms with Crippen LogP contribution in [0.5, 0.6) is 0 Å². The van der Waals surface area contributed by atoms with E-state index in [9.17, 15) is 0 Å². The van der Waals surface area contributed by atoms with Crippen LogP contribution >= 0.6 is 0 Å². The van der Waals surface area contributed by atoms with Crippen LogP contribution in [0.4, 0.5) is 0 Å². The van der Waals surface area contributed by atoms with E-state index in [1.807, 2.05) is 0 Å². The van der Waals surface area contributed by atoms with Crippen LogP contribution in [0.25, 0.3) is 0 Å². The Hall–Kier alpha value is 0. The number of fused-ring (bicyclic) bond motifs is 1. The highest BCUT2D eigenvalue weighted by Crippen LogP contribution is 2.89. The van der Waals surface area contributed by atoms with E-state index in [-0.39, 0.29) is 0 Å². The van der Waals surface area contributed by atoms with Crippen molar-refractivity contribution in [2.24, 2.45) is 28.1 Å². The summed E-state index contributed by atoms with van der Waals surface area (Å²) in [5, 5.41) is 0. The Kier molecular flexibility index (Phi) is 0.932. The Balaban J connectivity index is 2.09. The highest BCUT2D eigenvalue weighted by molar-refractivity contribution is 5.30. The molecule has 4 aliphatic carbocycles. The summed E-state index contributed by atoms with van der Waals surface area (Å²) in [6.07, 6.45) is 4.61. The van der Waals surface area contributed by atoms with Crippen LogP contribution in [-0.4, -0.2) is 0 Å².